The maximum Gasteiger partial charge on any atom is 0.257 e. The van der Waals surface area contributed by atoms with E-state index in [1.807, 2.05) is 24.3 Å². The van der Waals surface area contributed by atoms with E-state index in [4.69, 9.17) is 0 Å². The first-order valence-corrected chi connectivity index (χ1v) is 9.10. The quantitative estimate of drug-likeness (QED) is 0.737. The van der Waals surface area contributed by atoms with Crippen molar-refractivity contribution in [2.45, 2.75) is 38.5 Å². The van der Waals surface area contributed by atoms with Crippen LogP contribution in [0.15, 0.2) is 42.5 Å². The summed E-state index contributed by atoms with van der Waals surface area (Å²) >= 11 is 0. The van der Waals surface area contributed by atoms with Gasteiger partial charge >= 0.3 is 0 Å². The third-order valence-electron chi connectivity index (χ3n) is 4.93. The molecule has 0 spiro atoms. The molecule has 0 heterocycles. The highest BCUT2D eigenvalue weighted by Gasteiger charge is 2.35. The zero-order valence-electron chi connectivity index (χ0n) is 15.6. The van der Waals surface area contributed by atoms with Gasteiger partial charge in [-0.1, -0.05) is 44.2 Å². The second-order valence-corrected chi connectivity index (χ2v) is 7.25. The maximum atomic E-state index is 13.9. The van der Waals surface area contributed by atoms with Gasteiger partial charge in [-0.3, -0.25) is 9.59 Å². The Morgan fingerprint density at radius 1 is 1.07 bits per heavy atom. The summed E-state index contributed by atoms with van der Waals surface area (Å²) in [7, 11) is 0. The van der Waals surface area contributed by atoms with Crippen LogP contribution in [0.2, 0.25) is 0 Å². The minimum atomic E-state index is -1.02. The summed E-state index contributed by atoms with van der Waals surface area (Å²) in [6.45, 7) is 3.42. The first-order valence-electron chi connectivity index (χ1n) is 9.10. The highest BCUT2D eigenvalue weighted by atomic mass is 19.1. The molecule has 0 bridgehead atoms. The monoisotopic (exact) mass is 388 g/mol. The number of amides is 2. The van der Waals surface area contributed by atoms with Gasteiger partial charge in [0.15, 0.2) is 0 Å². The van der Waals surface area contributed by atoms with E-state index in [-0.39, 0.29) is 5.92 Å². The van der Waals surface area contributed by atoms with Gasteiger partial charge in [0.05, 0.1) is 12.1 Å². The van der Waals surface area contributed by atoms with Crippen LogP contribution in [-0.4, -0.2) is 29.1 Å². The fraction of sp³-hybridized carbons (Fsp3) is 0.333. The number of hydrogen-bond acceptors (Lipinski definition) is 3. The Hall–Kier alpha value is -2.80. The van der Waals surface area contributed by atoms with Gasteiger partial charge in [-0.15, -0.1) is 0 Å². The molecule has 3 atom stereocenters. The van der Waals surface area contributed by atoms with Crippen molar-refractivity contribution >= 4 is 11.8 Å². The van der Waals surface area contributed by atoms with Crippen molar-refractivity contribution < 1.29 is 23.5 Å². The van der Waals surface area contributed by atoms with E-state index in [0.717, 1.165) is 29.3 Å². The molecule has 2 aromatic rings. The molecule has 0 aliphatic heterocycles. The zero-order valence-corrected chi connectivity index (χ0v) is 15.6. The van der Waals surface area contributed by atoms with Crippen LogP contribution in [0.1, 0.15) is 41.4 Å². The van der Waals surface area contributed by atoms with Crippen LogP contribution in [0, 0.1) is 17.6 Å². The second-order valence-electron chi connectivity index (χ2n) is 7.25. The van der Waals surface area contributed by atoms with Crippen molar-refractivity contribution in [1.82, 2.24) is 10.6 Å². The predicted molar refractivity (Wildman–Crippen MR) is 99.5 cm³/mol. The number of fused-ring (bicyclic) bond motifs is 1. The van der Waals surface area contributed by atoms with Crippen molar-refractivity contribution in [2.75, 3.05) is 0 Å². The minimum absolute atomic E-state index is 0.340. The van der Waals surface area contributed by atoms with Crippen LogP contribution in [-0.2, 0) is 11.2 Å². The highest BCUT2D eigenvalue weighted by molar-refractivity contribution is 5.98. The van der Waals surface area contributed by atoms with Crippen LogP contribution < -0.4 is 10.6 Å². The molecule has 5 nitrogen and oxygen atoms in total. The van der Waals surface area contributed by atoms with E-state index in [0.29, 0.717) is 6.42 Å². The number of rotatable bonds is 5. The lowest BCUT2D eigenvalue weighted by Crippen LogP contribution is -2.51. The lowest BCUT2D eigenvalue weighted by Gasteiger charge is -2.25. The maximum absolute atomic E-state index is 13.9. The van der Waals surface area contributed by atoms with Crippen LogP contribution in [0.5, 0.6) is 0 Å². The number of carbonyl (C=O) groups is 2. The summed E-state index contributed by atoms with van der Waals surface area (Å²) in [6, 6.07) is 8.88. The Labute approximate surface area is 161 Å². The normalized spacial score (nSPS) is 19.2. The van der Waals surface area contributed by atoms with Gasteiger partial charge in [0.1, 0.15) is 23.2 Å². The number of carbonyl (C=O) groups excluding carboxylic acids is 2. The number of hydrogen-bond donors (Lipinski definition) is 3. The largest absolute Gasteiger partial charge is 0.390 e. The number of aliphatic hydroxyl groups is 1. The Morgan fingerprint density at radius 3 is 2.36 bits per heavy atom. The molecule has 0 aromatic heterocycles. The molecule has 1 aliphatic carbocycles. The van der Waals surface area contributed by atoms with E-state index in [1.165, 1.54) is 0 Å². The number of aliphatic hydroxyl groups excluding tert-OH is 1. The summed E-state index contributed by atoms with van der Waals surface area (Å²) in [4.78, 5) is 25.2. The first kappa shape index (κ1) is 19.9. The lowest BCUT2D eigenvalue weighted by molar-refractivity contribution is -0.125. The number of halogens is 2. The van der Waals surface area contributed by atoms with E-state index in [9.17, 15) is 23.5 Å². The van der Waals surface area contributed by atoms with Crippen molar-refractivity contribution in [2.24, 2.45) is 5.92 Å². The Bertz CT molecular complexity index is 881. The fourth-order valence-electron chi connectivity index (χ4n) is 3.45. The fourth-order valence-corrected chi connectivity index (χ4v) is 3.45. The zero-order chi connectivity index (χ0) is 20.4. The van der Waals surface area contributed by atoms with Gasteiger partial charge in [-0.05, 0) is 29.2 Å². The van der Waals surface area contributed by atoms with Crippen LogP contribution in [0.4, 0.5) is 8.78 Å². The molecular formula is C21H22F2N2O3. The van der Waals surface area contributed by atoms with E-state index < -0.39 is 47.2 Å². The molecule has 3 rings (SSSR count). The smallest absolute Gasteiger partial charge is 0.257 e. The SMILES string of the molecule is CC(C)C(NC(=O)c1c(F)cccc1F)C(=O)NC1c2ccccc2CC1O. The van der Waals surface area contributed by atoms with E-state index in [2.05, 4.69) is 10.6 Å². The molecule has 1 aliphatic rings. The lowest BCUT2D eigenvalue weighted by atomic mass is 10.0. The second kappa shape index (κ2) is 8.06. The molecule has 3 unspecified atom stereocenters. The first-order chi connectivity index (χ1) is 13.3. The average molecular weight is 388 g/mol. The van der Waals surface area contributed by atoms with Crippen molar-refractivity contribution in [3.63, 3.8) is 0 Å². The van der Waals surface area contributed by atoms with Gasteiger partial charge in [-0.2, -0.15) is 0 Å². The summed E-state index contributed by atoms with van der Waals surface area (Å²) in [5.41, 5.74) is 1.03. The standard InChI is InChI=1S/C21H22F2N2O3/c1-11(2)18(24-20(27)17-14(22)8-5-9-15(17)23)21(28)25-19-13-7-4-3-6-12(13)10-16(19)26/h3-9,11,16,18-19,26H,10H2,1-2H3,(H,24,27)(H,25,28). The van der Waals surface area contributed by atoms with Crippen LogP contribution >= 0.6 is 0 Å². The van der Waals surface area contributed by atoms with Crippen LogP contribution in [0.3, 0.4) is 0 Å². The van der Waals surface area contributed by atoms with Crippen molar-refractivity contribution in [3.8, 4) is 0 Å². The Kier molecular flexibility index (Phi) is 5.74. The number of nitrogens with one attached hydrogen (secondary N) is 2. The van der Waals surface area contributed by atoms with Crippen molar-refractivity contribution in [1.29, 1.82) is 0 Å². The van der Waals surface area contributed by atoms with E-state index in [1.54, 1.807) is 13.8 Å². The van der Waals surface area contributed by atoms with E-state index >= 15 is 0 Å². The molecular weight excluding hydrogens is 366 g/mol. The molecule has 3 N–H and O–H groups in total. The van der Waals surface area contributed by atoms with Gasteiger partial charge < -0.3 is 15.7 Å². The molecule has 7 heteroatoms. The molecule has 0 saturated carbocycles. The Morgan fingerprint density at radius 2 is 1.71 bits per heavy atom. The molecule has 0 radical (unpaired) electrons. The summed E-state index contributed by atoms with van der Waals surface area (Å²) < 4.78 is 27.7. The molecule has 0 fully saturated rings. The topological polar surface area (TPSA) is 78.4 Å². The molecule has 0 saturated heterocycles. The molecule has 2 amide bonds. The Balaban J connectivity index is 1.77. The summed E-state index contributed by atoms with van der Waals surface area (Å²) in [6.07, 6.45) is -0.367. The van der Waals surface area contributed by atoms with Crippen LogP contribution in [0.25, 0.3) is 0 Å². The third-order valence-corrected chi connectivity index (χ3v) is 4.93. The van der Waals surface area contributed by atoms with Gasteiger partial charge in [0.25, 0.3) is 5.91 Å². The predicted octanol–water partition coefficient (Wildman–Crippen LogP) is 2.49. The molecule has 2 aromatic carbocycles. The summed E-state index contributed by atoms with van der Waals surface area (Å²) in [5, 5.41) is 15.5. The summed E-state index contributed by atoms with van der Waals surface area (Å²) in [5.74, 6) is -3.87. The average Bonchev–Trinajstić information content (AvgIpc) is 2.94. The van der Waals surface area contributed by atoms with Gasteiger partial charge in [0, 0.05) is 6.42 Å². The number of benzene rings is 2. The molecule has 148 valence electrons. The van der Waals surface area contributed by atoms with Gasteiger partial charge in [0.2, 0.25) is 5.91 Å². The molecule has 28 heavy (non-hydrogen) atoms. The third kappa shape index (κ3) is 3.89. The minimum Gasteiger partial charge on any atom is -0.390 e. The van der Waals surface area contributed by atoms with Gasteiger partial charge in [-0.25, -0.2) is 8.78 Å². The highest BCUT2D eigenvalue weighted by Crippen LogP contribution is 2.31. The van der Waals surface area contributed by atoms with Crippen molar-refractivity contribution in [3.05, 3.63) is 70.8 Å².